The van der Waals surface area contributed by atoms with E-state index in [1.165, 1.54) is 0 Å². The van der Waals surface area contributed by atoms with Crippen molar-refractivity contribution >= 4 is 7.82 Å². The van der Waals surface area contributed by atoms with Gasteiger partial charge >= 0.3 is 47.0 Å². The van der Waals surface area contributed by atoms with Crippen LogP contribution in [0, 0.1) is 0 Å². The molecule has 0 heterocycles. The van der Waals surface area contributed by atoms with E-state index in [0.29, 0.717) is 0 Å². The van der Waals surface area contributed by atoms with Gasteiger partial charge in [0.1, 0.15) is 0 Å². The molecule has 0 bridgehead atoms. The minimum atomic E-state index is -4.64. The molecule has 0 aliphatic heterocycles. The summed E-state index contributed by atoms with van der Waals surface area (Å²) in [5.74, 6) is 0. The molecular weight excluding hydrogens is 109 g/mol. The number of rotatable bonds is 0. The van der Waals surface area contributed by atoms with Gasteiger partial charge in [-0.15, -0.1) is 0 Å². The monoisotopic (exact) mass is 115 g/mol. The first kappa shape index (κ1) is 15.7. The van der Waals surface area contributed by atoms with E-state index < -0.39 is 7.82 Å². The Kier molecular flexibility index (Phi) is 12.2. The van der Waals surface area contributed by atoms with Crippen LogP contribution in [0.5, 0.6) is 0 Å². The molecule has 0 fully saturated rings. The molecule has 0 aromatic carbocycles. The maximum Gasteiger partial charge on any atom is 1.00 e. The zero-order chi connectivity index (χ0) is 4.50. The molecule has 7 heavy (non-hydrogen) atoms. The molecule has 0 amide bonds. The van der Waals surface area contributed by atoms with Gasteiger partial charge in [-0.3, -0.25) is 0 Å². The summed E-state index contributed by atoms with van der Waals surface area (Å²) in [6.07, 6.45) is 0. The summed E-state index contributed by atoms with van der Waals surface area (Å²) in [6.45, 7) is 0. The summed E-state index contributed by atoms with van der Waals surface area (Å²) < 4.78 is 8.88. The summed E-state index contributed by atoms with van der Waals surface area (Å²) in [6, 6.07) is 0. The van der Waals surface area contributed by atoms with Crippen molar-refractivity contribution in [2.24, 2.45) is 0 Å². The molecule has 0 saturated carbocycles. The van der Waals surface area contributed by atoms with Crippen LogP contribution in [0.15, 0.2) is 0 Å². The van der Waals surface area contributed by atoms with Crippen LogP contribution in [0.2, 0.25) is 0 Å². The second-order valence-electron chi connectivity index (χ2n) is 0.513. The van der Waals surface area contributed by atoms with Crippen LogP contribution in [0.3, 0.4) is 0 Å². The summed E-state index contributed by atoms with van der Waals surface area (Å²) in [4.78, 5) is 21.6. The molecule has 0 aliphatic rings. The van der Waals surface area contributed by atoms with Gasteiger partial charge in [0.2, 0.25) is 0 Å². The van der Waals surface area contributed by atoms with E-state index in [1.54, 1.807) is 0 Å². The Bertz CT molecular complexity index is 64.6. The SMILES string of the molecule is O=P(O)(O)O.[H+].[H-].[H-].[Li+].[Li+]. The van der Waals surface area contributed by atoms with E-state index >= 15 is 0 Å². The van der Waals surface area contributed by atoms with Crippen LogP contribution < -0.4 is 37.7 Å². The van der Waals surface area contributed by atoms with Gasteiger partial charge in [0.25, 0.3) is 0 Å². The molecule has 0 radical (unpaired) electrons. The summed E-state index contributed by atoms with van der Waals surface area (Å²) in [5.41, 5.74) is 0. The average molecular weight is 115 g/mol. The van der Waals surface area contributed by atoms with Crippen LogP contribution in [0.4, 0.5) is 0 Å². The van der Waals surface area contributed by atoms with Gasteiger partial charge < -0.3 is 17.5 Å². The van der Waals surface area contributed by atoms with Gasteiger partial charge in [-0.1, -0.05) is 0 Å². The Morgan fingerprint density at radius 1 is 1.29 bits per heavy atom. The van der Waals surface area contributed by atoms with E-state index in [0.717, 1.165) is 0 Å². The molecule has 0 unspecified atom stereocenters. The van der Waals surface area contributed by atoms with Gasteiger partial charge in [0.05, 0.1) is 0 Å². The van der Waals surface area contributed by atoms with E-state index in [1.807, 2.05) is 0 Å². The van der Waals surface area contributed by atoms with E-state index in [-0.39, 0.29) is 42.0 Å². The number of phosphoric acid groups is 1. The van der Waals surface area contributed by atoms with Crippen LogP contribution in [-0.4, -0.2) is 14.7 Å². The Morgan fingerprint density at radius 3 is 1.29 bits per heavy atom. The largest absolute Gasteiger partial charge is 1.00 e. The van der Waals surface area contributed by atoms with Crippen LogP contribution in [-0.2, 0) is 4.57 Å². The van der Waals surface area contributed by atoms with E-state index in [4.69, 9.17) is 19.2 Å². The average Bonchev–Trinajstić information content (AvgIpc) is 0.722. The van der Waals surface area contributed by atoms with Crippen molar-refractivity contribution in [1.29, 1.82) is 0 Å². The zero-order valence-electron chi connectivity index (χ0n) is 7.20. The quantitative estimate of drug-likeness (QED) is 0.216. The van der Waals surface area contributed by atoms with Gasteiger partial charge in [-0.05, 0) is 0 Å². The number of hydrogen-bond donors (Lipinski definition) is 3. The van der Waals surface area contributed by atoms with Crippen LogP contribution in [0.25, 0.3) is 0 Å². The van der Waals surface area contributed by atoms with Crippen molar-refractivity contribution in [3.05, 3.63) is 0 Å². The molecule has 0 aliphatic carbocycles. The smallest absolute Gasteiger partial charge is 1.00 e. The molecular formula is H6Li2O4P+. The zero-order valence-corrected chi connectivity index (χ0v) is 5.09. The topological polar surface area (TPSA) is 77.8 Å². The molecule has 0 aromatic heterocycles. The minimum absolute atomic E-state index is 0. The maximum atomic E-state index is 8.88. The maximum absolute atomic E-state index is 8.88. The van der Waals surface area contributed by atoms with Crippen molar-refractivity contribution in [1.82, 2.24) is 0 Å². The summed E-state index contributed by atoms with van der Waals surface area (Å²) in [7, 11) is -4.64. The predicted octanol–water partition coefficient (Wildman–Crippen LogP) is -6.58. The third kappa shape index (κ3) is 121. The van der Waals surface area contributed by atoms with Gasteiger partial charge in [-0.2, -0.15) is 0 Å². The molecule has 0 spiro atoms. The molecule has 4 nitrogen and oxygen atoms in total. The second kappa shape index (κ2) is 5.44. The Labute approximate surface area is 69.4 Å². The fraction of sp³-hybridized carbons (Fsp3) is 0. The normalized spacial score (nSPS) is 8.43. The summed E-state index contributed by atoms with van der Waals surface area (Å²) in [5, 5.41) is 0. The summed E-state index contributed by atoms with van der Waals surface area (Å²) >= 11 is 0. The van der Waals surface area contributed by atoms with Crippen molar-refractivity contribution < 1.29 is 61.2 Å². The standard InChI is InChI=1S/2Li.H3O4P.2H/c;;1-5(2,3)4;;/h;;(H3,1,2,3,4);;/q2*+1;;2*-1/p+1. The predicted molar refractivity (Wildman–Crippen MR) is 17.6 cm³/mol. The molecule has 0 saturated heterocycles. The molecule has 36 valence electrons. The number of hydrogen-bond acceptors (Lipinski definition) is 1. The Hall–Kier alpha value is 1.30. The van der Waals surface area contributed by atoms with Gasteiger partial charge in [0, 0.05) is 0 Å². The van der Waals surface area contributed by atoms with Gasteiger partial charge in [-0.25, -0.2) is 4.57 Å². The second-order valence-corrected chi connectivity index (χ2v) is 1.54. The van der Waals surface area contributed by atoms with Crippen LogP contribution >= 0.6 is 7.82 Å². The minimum Gasteiger partial charge on any atom is -1.00 e. The Balaban J connectivity index is -0.00000000800. The van der Waals surface area contributed by atoms with E-state index in [9.17, 15) is 0 Å². The van der Waals surface area contributed by atoms with Crippen molar-refractivity contribution in [2.75, 3.05) is 0 Å². The first-order valence-corrected chi connectivity index (χ1v) is 2.35. The van der Waals surface area contributed by atoms with Crippen molar-refractivity contribution in [3.8, 4) is 0 Å². The molecule has 7 heteroatoms. The third-order valence-corrected chi connectivity index (χ3v) is 0. The first-order chi connectivity index (χ1) is 2.00. The molecule has 0 atom stereocenters. The first-order valence-electron chi connectivity index (χ1n) is 0.783. The molecule has 0 rings (SSSR count). The van der Waals surface area contributed by atoms with E-state index in [2.05, 4.69) is 0 Å². The molecule has 3 N–H and O–H groups in total. The fourth-order valence-corrected chi connectivity index (χ4v) is 0. The third-order valence-electron chi connectivity index (χ3n) is 0. The fourth-order valence-electron chi connectivity index (χ4n) is 0. The van der Waals surface area contributed by atoms with Crippen molar-refractivity contribution in [3.63, 3.8) is 0 Å². The van der Waals surface area contributed by atoms with Gasteiger partial charge in [0.15, 0.2) is 0 Å². The Morgan fingerprint density at radius 2 is 1.29 bits per heavy atom. The molecule has 0 aromatic rings. The van der Waals surface area contributed by atoms with Crippen molar-refractivity contribution in [2.45, 2.75) is 0 Å². The van der Waals surface area contributed by atoms with Crippen LogP contribution in [0.1, 0.15) is 4.28 Å².